The zero-order valence-electron chi connectivity index (χ0n) is 15.7. The van der Waals surface area contributed by atoms with Crippen LogP contribution in [-0.4, -0.2) is 30.3 Å². The minimum atomic E-state index is 0.150. The number of thiocarbonyl (C=S) groups is 1. The molecule has 0 amide bonds. The highest BCUT2D eigenvalue weighted by atomic mass is 32.1. The number of aromatic nitrogens is 1. The summed E-state index contributed by atoms with van der Waals surface area (Å²) >= 11 is 5.41. The maximum absolute atomic E-state index is 5.41. The number of para-hydroxylation sites is 1. The van der Waals surface area contributed by atoms with E-state index in [0.29, 0.717) is 18.2 Å². The second-order valence-electron chi connectivity index (χ2n) is 6.64. The highest BCUT2D eigenvalue weighted by Gasteiger charge is 2.18. The second kappa shape index (κ2) is 8.73. The Bertz CT molecular complexity index is 930. The Balaban J connectivity index is 1.86. The standard InChI is InChI=1S/C22H25N3OS/c1-15(2)12-24-22(27)25-13-19(16-8-10-17(26-3)11-9-16)20-14-23-21-7-5-4-6-18(20)21/h4-11,14,19,23H,1,12-13H2,2-3H3,(H2,24,25,27)/t19-/m0/s1. The third-order valence-corrected chi connectivity index (χ3v) is 4.82. The number of fused-ring (bicyclic) bond motifs is 1. The van der Waals surface area contributed by atoms with Gasteiger partial charge in [-0.3, -0.25) is 0 Å². The third-order valence-electron chi connectivity index (χ3n) is 4.53. The molecule has 1 heterocycles. The van der Waals surface area contributed by atoms with Crippen molar-refractivity contribution in [1.29, 1.82) is 0 Å². The molecule has 0 saturated carbocycles. The number of aromatic amines is 1. The number of H-pyrrole nitrogens is 1. The summed E-state index contributed by atoms with van der Waals surface area (Å²) in [6.45, 7) is 7.23. The van der Waals surface area contributed by atoms with Crippen LogP contribution in [0.3, 0.4) is 0 Å². The molecule has 0 bridgehead atoms. The summed E-state index contributed by atoms with van der Waals surface area (Å²) in [5, 5.41) is 8.39. The Kier molecular flexibility index (Phi) is 6.14. The van der Waals surface area contributed by atoms with Crippen molar-refractivity contribution in [3.63, 3.8) is 0 Å². The van der Waals surface area contributed by atoms with Gasteiger partial charge in [0.1, 0.15) is 5.75 Å². The minimum absolute atomic E-state index is 0.150. The molecule has 1 atom stereocenters. The number of methoxy groups -OCH3 is 1. The highest BCUT2D eigenvalue weighted by Crippen LogP contribution is 2.31. The Morgan fingerprint density at radius 3 is 2.59 bits per heavy atom. The molecular weight excluding hydrogens is 354 g/mol. The van der Waals surface area contributed by atoms with E-state index in [4.69, 9.17) is 17.0 Å². The maximum atomic E-state index is 5.41. The van der Waals surface area contributed by atoms with Crippen molar-refractivity contribution in [2.24, 2.45) is 0 Å². The molecule has 0 aliphatic heterocycles. The lowest BCUT2D eigenvalue weighted by Gasteiger charge is -2.20. The van der Waals surface area contributed by atoms with Crippen LogP contribution < -0.4 is 15.4 Å². The lowest BCUT2D eigenvalue weighted by molar-refractivity contribution is 0.414. The highest BCUT2D eigenvalue weighted by molar-refractivity contribution is 7.80. The van der Waals surface area contributed by atoms with E-state index in [-0.39, 0.29) is 5.92 Å². The van der Waals surface area contributed by atoms with E-state index in [1.165, 1.54) is 16.5 Å². The smallest absolute Gasteiger partial charge is 0.166 e. The summed E-state index contributed by atoms with van der Waals surface area (Å²) in [7, 11) is 1.68. The Hall–Kier alpha value is -2.79. The molecule has 0 saturated heterocycles. The average Bonchev–Trinajstić information content (AvgIpc) is 3.11. The van der Waals surface area contributed by atoms with Gasteiger partial charge in [0.2, 0.25) is 0 Å². The van der Waals surface area contributed by atoms with Crippen LogP contribution in [0.2, 0.25) is 0 Å². The summed E-state index contributed by atoms with van der Waals surface area (Å²) in [6.07, 6.45) is 2.09. The van der Waals surface area contributed by atoms with Gasteiger partial charge in [0.05, 0.1) is 7.11 Å². The predicted octanol–water partition coefficient (Wildman–Crippen LogP) is 4.35. The molecule has 3 aromatic rings. The fourth-order valence-electron chi connectivity index (χ4n) is 3.11. The van der Waals surface area contributed by atoms with Crippen LogP contribution in [-0.2, 0) is 0 Å². The van der Waals surface area contributed by atoms with E-state index in [1.807, 2.05) is 25.1 Å². The quantitative estimate of drug-likeness (QED) is 0.422. The van der Waals surface area contributed by atoms with E-state index >= 15 is 0 Å². The van der Waals surface area contributed by atoms with Crippen molar-refractivity contribution in [2.45, 2.75) is 12.8 Å². The van der Waals surface area contributed by atoms with Crippen LogP contribution in [0, 0.1) is 0 Å². The number of rotatable bonds is 7. The van der Waals surface area contributed by atoms with Gasteiger partial charge in [-0.15, -0.1) is 0 Å². The van der Waals surface area contributed by atoms with Crippen LogP contribution >= 0.6 is 12.2 Å². The van der Waals surface area contributed by atoms with E-state index in [9.17, 15) is 0 Å². The monoisotopic (exact) mass is 379 g/mol. The lowest BCUT2D eigenvalue weighted by Crippen LogP contribution is -2.38. The summed E-state index contributed by atoms with van der Waals surface area (Å²) in [5.41, 5.74) is 4.62. The van der Waals surface area contributed by atoms with Gasteiger partial charge < -0.3 is 20.4 Å². The number of benzene rings is 2. The molecular formula is C22H25N3OS. The van der Waals surface area contributed by atoms with Crippen molar-refractivity contribution in [1.82, 2.24) is 15.6 Å². The van der Waals surface area contributed by atoms with Gasteiger partial charge in [-0.25, -0.2) is 0 Å². The van der Waals surface area contributed by atoms with E-state index < -0.39 is 0 Å². The molecule has 27 heavy (non-hydrogen) atoms. The molecule has 4 nitrogen and oxygen atoms in total. The number of ether oxygens (including phenoxy) is 1. The van der Waals surface area contributed by atoms with Crippen LogP contribution in [0.25, 0.3) is 10.9 Å². The first-order valence-electron chi connectivity index (χ1n) is 8.94. The molecule has 2 aromatic carbocycles. The first-order valence-corrected chi connectivity index (χ1v) is 9.35. The largest absolute Gasteiger partial charge is 0.497 e. The van der Waals surface area contributed by atoms with Gasteiger partial charge in [-0.1, -0.05) is 42.5 Å². The SMILES string of the molecule is C=C(C)CNC(=S)NC[C@@H](c1ccc(OC)cc1)c1c[nH]c2ccccc12. The molecule has 3 rings (SSSR count). The lowest BCUT2D eigenvalue weighted by atomic mass is 9.91. The van der Waals surface area contributed by atoms with Gasteiger partial charge in [-0.2, -0.15) is 0 Å². The Morgan fingerprint density at radius 2 is 1.89 bits per heavy atom. The Morgan fingerprint density at radius 1 is 1.15 bits per heavy atom. The molecule has 140 valence electrons. The summed E-state index contributed by atoms with van der Waals surface area (Å²) in [5.74, 6) is 1.000. The Labute approximate surface area is 165 Å². The van der Waals surface area contributed by atoms with Gasteiger partial charge >= 0.3 is 0 Å². The number of hydrogen-bond donors (Lipinski definition) is 3. The van der Waals surface area contributed by atoms with Gasteiger partial charge in [0.25, 0.3) is 0 Å². The number of hydrogen-bond acceptors (Lipinski definition) is 2. The first-order chi connectivity index (χ1) is 13.1. The van der Waals surface area contributed by atoms with Gasteiger partial charge in [0, 0.05) is 36.1 Å². The molecule has 1 aromatic heterocycles. The third kappa shape index (κ3) is 4.68. The second-order valence-corrected chi connectivity index (χ2v) is 7.04. The molecule has 0 fully saturated rings. The van der Waals surface area contributed by atoms with Crippen molar-refractivity contribution in [3.8, 4) is 5.75 Å². The van der Waals surface area contributed by atoms with Crippen LogP contribution in [0.15, 0.2) is 66.9 Å². The zero-order valence-corrected chi connectivity index (χ0v) is 16.5. The summed E-state index contributed by atoms with van der Waals surface area (Å²) in [4.78, 5) is 3.38. The summed E-state index contributed by atoms with van der Waals surface area (Å²) in [6, 6.07) is 16.6. The molecule has 0 aliphatic carbocycles. The molecule has 0 spiro atoms. The molecule has 5 heteroatoms. The fourth-order valence-corrected chi connectivity index (χ4v) is 3.27. The first kappa shape index (κ1) is 19.0. The molecule has 0 unspecified atom stereocenters. The zero-order chi connectivity index (χ0) is 19.2. The van der Waals surface area contributed by atoms with Crippen LogP contribution in [0.5, 0.6) is 5.75 Å². The van der Waals surface area contributed by atoms with E-state index in [1.54, 1.807) is 7.11 Å². The molecule has 0 radical (unpaired) electrons. The van der Waals surface area contributed by atoms with E-state index in [2.05, 4.69) is 58.7 Å². The van der Waals surface area contributed by atoms with Gasteiger partial charge in [0.15, 0.2) is 5.11 Å². The van der Waals surface area contributed by atoms with Crippen molar-refractivity contribution in [3.05, 3.63) is 78.0 Å². The minimum Gasteiger partial charge on any atom is -0.497 e. The van der Waals surface area contributed by atoms with Crippen molar-refractivity contribution < 1.29 is 4.74 Å². The predicted molar refractivity (Wildman–Crippen MR) is 117 cm³/mol. The van der Waals surface area contributed by atoms with Crippen LogP contribution in [0.4, 0.5) is 0 Å². The van der Waals surface area contributed by atoms with Crippen LogP contribution in [0.1, 0.15) is 24.0 Å². The topological polar surface area (TPSA) is 49.1 Å². The average molecular weight is 380 g/mol. The summed E-state index contributed by atoms with van der Waals surface area (Å²) < 4.78 is 5.30. The van der Waals surface area contributed by atoms with Crippen molar-refractivity contribution in [2.75, 3.05) is 20.2 Å². The maximum Gasteiger partial charge on any atom is 0.166 e. The van der Waals surface area contributed by atoms with E-state index in [0.717, 1.165) is 16.8 Å². The molecule has 3 N–H and O–H groups in total. The van der Waals surface area contributed by atoms with Crippen molar-refractivity contribution >= 4 is 28.2 Å². The fraction of sp³-hybridized carbons (Fsp3) is 0.227. The van der Waals surface area contributed by atoms with Gasteiger partial charge in [-0.05, 0) is 48.5 Å². The number of nitrogens with one attached hydrogen (secondary N) is 3. The molecule has 0 aliphatic rings. The normalized spacial score (nSPS) is 11.8.